The minimum Gasteiger partial charge on any atom is -0.376 e. The van der Waals surface area contributed by atoms with Crippen molar-refractivity contribution in [3.63, 3.8) is 0 Å². The van der Waals surface area contributed by atoms with Crippen LogP contribution in [0, 0.1) is 0 Å². The van der Waals surface area contributed by atoms with Crippen LogP contribution in [0.4, 0.5) is 0 Å². The molecule has 2 saturated heterocycles. The number of rotatable bonds is 6. The van der Waals surface area contributed by atoms with Crippen LogP contribution in [0.25, 0.3) is 0 Å². The Morgan fingerprint density at radius 2 is 2.25 bits per heavy atom. The molecule has 5 heteroatoms. The molecule has 1 amide bonds. The third-order valence-corrected chi connectivity index (χ3v) is 4.25. The van der Waals surface area contributed by atoms with Crippen molar-refractivity contribution in [1.29, 1.82) is 0 Å². The van der Waals surface area contributed by atoms with E-state index in [-0.39, 0.29) is 18.1 Å². The van der Waals surface area contributed by atoms with Crippen molar-refractivity contribution >= 4 is 5.91 Å². The lowest BCUT2D eigenvalue weighted by Gasteiger charge is -2.29. The monoisotopic (exact) mass is 284 g/mol. The Kier molecular flexibility index (Phi) is 6.26. The lowest BCUT2D eigenvalue weighted by atomic mass is 10.1. The summed E-state index contributed by atoms with van der Waals surface area (Å²) in [6.07, 6.45) is 5.38. The first-order valence-electron chi connectivity index (χ1n) is 7.90. The summed E-state index contributed by atoms with van der Waals surface area (Å²) in [6.45, 7) is 4.95. The number of likely N-dealkylation sites (N-methyl/N-ethyl adjacent to an activating group) is 1. The normalized spacial score (nSPS) is 28.6. The van der Waals surface area contributed by atoms with Crippen molar-refractivity contribution in [3.05, 3.63) is 0 Å². The maximum atomic E-state index is 12.4. The summed E-state index contributed by atoms with van der Waals surface area (Å²) in [5, 5.41) is 3.16. The number of hydrogen-bond donors (Lipinski definition) is 1. The molecule has 3 atom stereocenters. The van der Waals surface area contributed by atoms with E-state index < -0.39 is 0 Å². The summed E-state index contributed by atoms with van der Waals surface area (Å²) in [7, 11) is 1.93. The van der Waals surface area contributed by atoms with E-state index >= 15 is 0 Å². The van der Waals surface area contributed by atoms with E-state index in [1.807, 2.05) is 18.9 Å². The van der Waals surface area contributed by atoms with Crippen molar-refractivity contribution in [2.24, 2.45) is 0 Å². The summed E-state index contributed by atoms with van der Waals surface area (Å²) in [5.74, 6) is 0.124. The van der Waals surface area contributed by atoms with Crippen molar-refractivity contribution in [2.45, 2.75) is 57.3 Å². The molecule has 2 rings (SSSR count). The number of amides is 1. The van der Waals surface area contributed by atoms with Crippen LogP contribution in [-0.4, -0.2) is 62.4 Å². The summed E-state index contributed by atoms with van der Waals surface area (Å²) in [6, 6.07) is 0.324. The molecule has 0 radical (unpaired) electrons. The second-order valence-corrected chi connectivity index (χ2v) is 5.85. The van der Waals surface area contributed by atoms with Gasteiger partial charge in [-0.15, -0.1) is 0 Å². The molecule has 0 bridgehead atoms. The van der Waals surface area contributed by atoms with Gasteiger partial charge < -0.3 is 19.7 Å². The third-order valence-electron chi connectivity index (χ3n) is 4.25. The van der Waals surface area contributed by atoms with Gasteiger partial charge >= 0.3 is 0 Å². The molecule has 2 aliphatic rings. The number of nitrogens with one attached hydrogen (secondary N) is 1. The predicted octanol–water partition coefficient (Wildman–Crippen LogP) is 1.17. The van der Waals surface area contributed by atoms with E-state index in [1.54, 1.807) is 0 Å². The van der Waals surface area contributed by atoms with E-state index in [0.717, 1.165) is 45.4 Å². The van der Waals surface area contributed by atoms with Crippen LogP contribution < -0.4 is 5.32 Å². The lowest BCUT2D eigenvalue weighted by molar-refractivity contribution is -0.146. The smallest absolute Gasteiger partial charge is 0.251 e. The largest absolute Gasteiger partial charge is 0.376 e. The first-order chi connectivity index (χ1) is 9.72. The Morgan fingerprint density at radius 3 is 2.95 bits per heavy atom. The zero-order valence-electron chi connectivity index (χ0n) is 12.8. The van der Waals surface area contributed by atoms with Gasteiger partial charge in [-0.1, -0.05) is 0 Å². The van der Waals surface area contributed by atoms with Gasteiger partial charge in [0.15, 0.2) is 0 Å². The van der Waals surface area contributed by atoms with E-state index in [0.29, 0.717) is 12.6 Å². The SMILES string of the molecule is CNCC1CCCN1C(=O)C(C)OCC1CCCCO1. The Labute approximate surface area is 122 Å². The Morgan fingerprint density at radius 1 is 1.40 bits per heavy atom. The molecule has 5 nitrogen and oxygen atoms in total. The molecule has 0 aromatic heterocycles. The van der Waals surface area contributed by atoms with Crippen LogP contribution in [0.2, 0.25) is 0 Å². The van der Waals surface area contributed by atoms with Gasteiger partial charge in [0.25, 0.3) is 5.91 Å². The van der Waals surface area contributed by atoms with Gasteiger partial charge in [-0.05, 0) is 46.1 Å². The molecule has 3 unspecified atom stereocenters. The standard InChI is InChI=1S/C15H28N2O3/c1-12(20-11-14-7-3-4-9-19-14)15(18)17-8-5-6-13(17)10-16-2/h12-14,16H,3-11H2,1-2H3. The van der Waals surface area contributed by atoms with E-state index in [2.05, 4.69) is 5.32 Å². The van der Waals surface area contributed by atoms with Gasteiger partial charge in [0, 0.05) is 25.7 Å². The third kappa shape index (κ3) is 4.17. The summed E-state index contributed by atoms with van der Waals surface area (Å²) >= 11 is 0. The first kappa shape index (κ1) is 15.7. The minimum absolute atomic E-state index is 0.124. The van der Waals surface area contributed by atoms with Crippen molar-refractivity contribution in [2.75, 3.05) is 33.4 Å². The maximum Gasteiger partial charge on any atom is 0.251 e. The molecule has 0 aliphatic carbocycles. The molecular weight excluding hydrogens is 256 g/mol. The van der Waals surface area contributed by atoms with Gasteiger partial charge in [0.1, 0.15) is 6.10 Å². The van der Waals surface area contributed by atoms with Crippen LogP contribution in [-0.2, 0) is 14.3 Å². The fourth-order valence-corrected chi connectivity index (χ4v) is 3.07. The van der Waals surface area contributed by atoms with Crippen LogP contribution in [0.15, 0.2) is 0 Å². The van der Waals surface area contributed by atoms with E-state index in [9.17, 15) is 4.79 Å². The van der Waals surface area contributed by atoms with Crippen molar-refractivity contribution in [1.82, 2.24) is 10.2 Å². The molecule has 0 aromatic carbocycles. The van der Waals surface area contributed by atoms with E-state index in [1.165, 1.54) is 6.42 Å². The fraction of sp³-hybridized carbons (Fsp3) is 0.933. The van der Waals surface area contributed by atoms with Crippen LogP contribution in [0.1, 0.15) is 39.0 Å². The average molecular weight is 284 g/mol. The maximum absolute atomic E-state index is 12.4. The zero-order chi connectivity index (χ0) is 14.4. The molecule has 2 heterocycles. The number of carbonyl (C=O) groups excluding carboxylic acids is 1. The highest BCUT2D eigenvalue weighted by Gasteiger charge is 2.31. The second-order valence-electron chi connectivity index (χ2n) is 5.85. The van der Waals surface area contributed by atoms with Crippen LogP contribution in [0.5, 0.6) is 0 Å². The Bertz CT molecular complexity index is 305. The molecule has 116 valence electrons. The highest BCUT2D eigenvalue weighted by molar-refractivity contribution is 5.81. The topological polar surface area (TPSA) is 50.8 Å². The van der Waals surface area contributed by atoms with Crippen LogP contribution in [0.3, 0.4) is 0 Å². The minimum atomic E-state index is -0.363. The molecule has 0 aromatic rings. The molecule has 0 spiro atoms. The van der Waals surface area contributed by atoms with Crippen molar-refractivity contribution in [3.8, 4) is 0 Å². The molecule has 1 N–H and O–H groups in total. The predicted molar refractivity (Wildman–Crippen MR) is 77.7 cm³/mol. The quantitative estimate of drug-likeness (QED) is 0.795. The molecular formula is C15H28N2O3. The number of ether oxygens (including phenoxy) is 2. The first-order valence-corrected chi connectivity index (χ1v) is 7.90. The zero-order valence-corrected chi connectivity index (χ0v) is 12.8. The van der Waals surface area contributed by atoms with Gasteiger partial charge in [-0.25, -0.2) is 0 Å². The van der Waals surface area contributed by atoms with Crippen molar-refractivity contribution < 1.29 is 14.3 Å². The van der Waals surface area contributed by atoms with Gasteiger partial charge in [-0.2, -0.15) is 0 Å². The highest BCUT2D eigenvalue weighted by Crippen LogP contribution is 2.19. The van der Waals surface area contributed by atoms with Gasteiger partial charge in [0.2, 0.25) is 0 Å². The Balaban J connectivity index is 1.75. The summed E-state index contributed by atoms with van der Waals surface area (Å²) in [4.78, 5) is 14.4. The van der Waals surface area contributed by atoms with Gasteiger partial charge in [0.05, 0.1) is 12.7 Å². The van der Waals surface area contributed by atoms with E-state index in [4.69, 9.17) is 9.47 Å². The molecule has 20 heavy (non-hydrogen) atoms. The number of likely N-dealkylation sites (tertiary alicyclic amines) is 1. The number of hydrogen-bond acceptors (Lipinski definition) is 4. The number of carbonyl (C=O) groups is 1. The fourth-order valence-electron chi connectivity index (χ4n) is 3.07. The summed E-state index contributed by atoms with van der Waals surface area (Å²) < 4.78 is 11.4. The lowest BCUT2D eigenvalue weighted by Crippen LogP contribution is -2.46. The Hall–Kier alpha value is -0.650. The molecule has 2 fully saturated rings. The van der Waals surface area contributed by atoms with Gasteiger partial charge in [-0.3, -0.25) is 4.79 Å². The second kappa shape index (κ2) is 7.96. The average Bonchev–Trinajstić information content (AvgIpc) is 2.93. The van der Waals surface area contributed by atoms with Crippen LogP contribution >= 0.6 is 0 Å². The molecule has 0 saturated carbocycles. The number of nitrogens with zero attached hydrogens (tertiary/aromatic N) is 1. The molecule has 2 aliphatic heterocycles. The summed E-state index contributed by atoms with van der Waals surface area (Å²) in [5.41, 5.74) is 0. The highest BCUT2D eigenvalue weighted by atomic mass is 16.5.